The predicted octanol–water partition coefficient (Wildman–Crippen LogP) is 6.80. The van der Waals surface area contributed by atoms with Crippen molar-refractivity contribution in [3.63, 3.8) is 0 Å². The second kappa shape index (κ2) is 12.4. The van der Waals surface area contributed by atoms with Crippen molar-refractivity contribution in [3.05, 3.63) is 71.1 Å². The first-order chi connectivity index (χ1) is 18.3. The average molecular weight is 574 g/mol. The fourth-order valence-corrected chi connectivity index (χ4v) is 5.85. The number of carbonyl (C=O) groups excluding carboxylic acids is 2. The quantitative estimate of drug-likeness (QED) is 0.168. The highest BCUT2D eigenvalue weighted by atomic mass is 32.1. The van der Waals surface area contributed by atoms with Gasteiger partial charge in [0.15, 0.2) is 0 Å². The lowest BCUT2D eigenvalue weighted by Gasteiger charge is -2.33. The van der Waals surface area contributed by atoms with Crippen LogP contribution >= 0.6 is 18.9 Å². The molecule has 0 aliphatic rings. The molecule has 0 aliphatic carbocycles. The maximum Gasteiger partial charge on any atom is 0.412 e. The van der Waals surface area contributed by atoms with Crippen LogP contribution in [0.4, 0.5) is 16.2 Å². The summed E-state index contributed by atoms with van der Waals surface area (Å²) in [6.07, 6.45) is -0.0824. The standard InChI is InChI=1S/C28H36N3O6PS/c1-6-28(7-2,38(34,35)36)29-18-19-10-12-20(13-11-19)25(32)30-23-17-21(24-9-8-16-39-24)14-15-22(23)31-26(33)37-27(3,4)5/h8-17,29H,6-7,18H2,1-5H3,(H,30,32)(H,31,33)(H2,34,35,36). The number of nitrogens with one attached hydrogen (secondary N) is 3. The highest BCUT2D eigenvalue weighted by Crippen LogP contribution is 2.52. The number of hydrogen-bond acceptors (Lipinski definition) is 6. The minimum Gasteiger partial charge on any atom is -0.444 e. The molecule has 0 spiro atoms. The van der Waals surface area contributed by atoms with Gasteiger partial charge >= 0.3 is 13.7 Å². The van der Waals surface area contributed by atoms with Gasteiger partial charge in [0.1, 0.15) is 10.9 Å². The summed E-state index contributed by atoms with van der Waals surface area (Å²) in [5.41, 5.74) is 2.18. The molecule has 5 N–H and O–H groups in total. The minimum atomic E-state index is -4.37. The second-order valence-electron chi connectivity index (χ2n) is 10.2. The monoisotopic (exact) mass is 573 g/mol. The van der Waals surface area contributed by atoms with E-state index < -0.39 is 24.6 Å². The van der Waals surface area contributed by atoms with Crippen LogP contribution in [0.15, 0.2) is 60.0 Å². The number of benzene rings is 2. The molecule has 0 atom stereocenters. The first-order valence-corrected chi connectivity index (χ1v) is 15.1. The summed E-state index contributed by atoms with van der Waals surface area (Å²) in [7, 11) is -4.37. The lowest BCUT2D eigenvalue weighted by atomic mass is 10.1. The summed E-state index contributed by atoms with van der Waals surface area (Å²) in [5.74, 6) is -0.378. The smallest absolute Gasteiger partial charge is 0.412 e. The third kappa shape index (κ3) is 8.00. The molecule has 2 aromatic carbocycles. The van der Waals surface area contributed by atoms with Crippen molar-refractivity contribution in [1.82, 2.24) is 5.32 Å². The van der Waals surface area contributed by atoms with E-state index in [0.717, 1.165) is 16.0 Å². The van der Waals surface area contributed by atoms with Gasteiger partial charge in [-0.25, -0.2) is 4.79 Å². The molecule has 0 saturated heterocycles. The van der Waals surface area contributed by atoms with E-state index in [1.54, 1.807) is 82.4 Å². The Kier molecular flexibility index (Phi) is 9.74. The molecule has 0 fully saturated rings. The second-order valence-corrected chi connectivity index (χ2v) is 13.0. The van der Waals surface area contributed by atoms with Gasteiger partial charge in [-0.3, -0.25) is 20.0 Å². The Balaban J connectivity index is 1.79. The molecule has 0 radical (unpaired) electrons. The van der Waals surface area contributed by atoms with Crippen molar-refractivity contribution in [3.8, 4) is 10.4 Å². The number of rotatable bonds is 10. The first-order valence-electron chi connectivity index (χ1n) is 12.7. The van der Waals surface area contributed by atoms with Crippen molar-refractivity contribution in [2.24, 2.45) is 0 Å². The van der Waals surface area contributed by atoms with Gasteiger partial charge in [-0.15, -0.1) is 11.3 Å². The van der Waals surface area contributed by atoms with Crippen molar-refractivity contribution >= 4 is 42.3 Å². The van der Waals surface area contributed by atoms with E-state index in [1.807, 2.05) is 23.6 Å². The molecule has 0 bridgehead atoms. The Bertz CT molecular complexity index is 1330. The molecular weight excluding hydrogens is 537 g/mol. The Morgan fingerprint density at radius 3 is 2.15 bits per heavy atom. The molecule has 0 aliphatic heterocycles. The third-order valence-electron chi connectivity index (χ3n) is 6.27. The number of carbonyl (C=O) groups is 2. The molecule has 39 heavy (non-hydrogen) atoms. The molecule has 1 aromatic heterocycles. The lowest BCUT2D eigenvalue weighted by molar-refractivity contribution is 0.0635. The fourth-order valence-electron chi connectivity index (χ4n) is 4.02. The molecule has 3 rings (SSSR count). The topological polar surface area (TPSA) is 137 Å². The summed E-state index contributed by atoms with van der Waals surface area (Å²) in [5, 5.41) is 9.29. The van der Waals surface area contributed by atoms with Crippen LogP contribution in [-0.2, 0) is 15.8 Å². The van der Waals surface area contributed by atoms with Gasteiger partial charge in [0, 0.05) is 17.0 Å². The lowest BCUT2D eigenvalue weighted by Crippen LogP contribution is -2.43. The normalized spacial score (nSPS) is 12.2. The van der Waals surface area contributed by atoms with E-state index >= 15 is 0 Å². The maximum absolute atomic E-state index is 13.2. The molecule has 3 aromatic rings. The molecule has 1 heterocycles. The maximum atomic E-state index is 13.2. The van der Waals surface area contributed by atoms with Gasteiger partial charge in [-0.05, 0) is 80.5 Å². The van der Waals surface area contributed by atoms with Gasteiger partial charge in [-0.1, -0.05) is 38.1 Å². The van der Waals surface area contributed by atoms with Crippen molar-refractivity contribution in [2.75, 3.05) is 10.6 Å². The summed E-state index contributed by atoms with van der Waals surface area (Å²) in [4.78, 5) is 46.3. The molecule has 9 nitrogen and oxygen atoms in total. The van der Waals surface area contributed by atoms with Gasteiger partial charge < -0.3 is 19.8 Å². The van der Waals surface area contributed by atoms with E-state index in [1.165, 1.54) is 0 Å². The Morgan fingerprint density at radius 1 is 0.949 bits per heavy atom. The number of hydrogen-bond donors (Lipinski definition) is 5. The zero-order chi connectivity index (χ0) is 28.8. The largest absolute Gasteiger partial charge is 0.444 e. The van der Waals surface area contributed by atoms with E-state index in [4.69, 9.17) is 4.74 Å². The van der Waals surface area contributed by atoms with Crippen LogP contribution in [0.5, 0.6) is 0 Å². The van der Waals surface area contributed by atoms with Gasteiger partial charge in [-0.2, -0.15) is 0 Å². The zero-order valence-corrected chi connectivity index (χ0v) is 24.5. The van der Waals surface area contributed by atoms with Crippen LogP contribution < -0.4 is 16.0 Å². The van der Waals surface area contributed by atoms with E-state index in [0.29, 0.717) is 16.9 Å². The number of amides is 2. The van der Waals surface area contributed by atoms with Crippen LogP contribution in [0.1, 0.15) is 63.4 Å². The highest BCUT2D eigenvalue weighted by Gasteiger charge is 2.43. The first kappa shape index (κ1) is 30.5. The summed E-state index contributed by atoms with van der Waals surface area (Å²) >= 11 is 1.56. The van der Waals surface area contributed by atoms with Crippen LogP contribution in [0.2, 0.25) is 0 Å². The van der Waals surface area contributed by atoms with E-state index in [-0.39, 0.29) is 25.3 Å². The Morgan fingerprint density at radius 2 is 1.62 bits per heavy atom. The fraction of sp³-hybridized carbons (Fsp3) is 0.357. The third-order valence-corrected chi connectivity index (χ3v) is 9.10. The SMILES string of the molecule is CCC(CC)(NCc1ccc(C(=O)Nc2cc(-c3cccs3)ccc2NC(=O)OC(C)(C)C)cc1)P(=O)(O)O. The molecule has 210 valence electrons. The van der Waals surface area contributed by atoms with Crippen LogP contribution in [0, 0.1) is 0 Å². The molecular formula is C28H36N3O6PS. The van der Waals surface area contributed by atoms with Crippen LogP contribution in [0.3, 0.4) is 0 Å². The van der Waals surface area contributed by atoms with Crippen LogP contribution in [0.25, 0.3) is 10.4 Å². The zero-order valence-electron chi connectivity index (χ0n) is 22.8. The van der Waals surface area contributed by atoms with Gasteiger partial charge in [0.2, 0.25) is 0 Å². The van der Waals surface area contributed by atoms with Gasteiger partial charge in [0.25, 0.3) is 5.91 Å². The highest BCUT2D eigenvalue weighted by molar-refractivity contribution is 7.53. The summed E-state index contributed by atoms with van der Waals surface area (Å²) in [6.45, 7) is 9.02. The van der Waals surface area contributed by atoms with Crippen molar-refractivity contribution in [2.45, 2.75) is 64.9 Å². The van der Waals surface area contributed by atoms with Crippen LogP contribution in [-0.4, -0.2) is 32.7 Å². The van der Waals surface area contributed by atoms with E-state index in [2.05, 4.69) is 16.0 Å². The van der Waals surface area contributed by atoms with Crippen molar-refractivity contribution < 1.29 is 28.7 Å². The average Bonchev–Trinajstić information content (AvgIpc) is 3.39. The number of anilines is 2. The molecule has 0 saturated carbocycles. The summed E-state index contributed by atoms with van der Waals surface area (Å²) < 4.78 is 17.4. The minimum absolute atomic E-state index is 0.238. The van der Waals surface area contributed by atoms with E-state index in [9.17, 15) is 23.9 Å². The number of thiophene rings is 1. The Hall–Kier alpha value is -3.01. The molecule has 11 heteroatoms. The Labute approximate surface area is 233 Å². The number of ether oxygens (including phenoxy) is 1. The van der Waals surface area contributed by atoms with Gasteiger partial charge in [0.05, 0.1) is 11.4 Å². The molecule has 2 amide bonds. The predicted molar refractivity (Wildman–Crippen MR) is 156 cm³/mol. The molecule has 0 unspecified atom stereocenters. The summed E-state index contributed by atoms with van der Waals surface area (Å²) in [6, 6.07) is 16.1. The van der Waals surface area contributed by atoms with Crippen molar-refractivity contribution in [1.29, 1.82) is 0 Å².